The van der Waals surface area contributed by atoms with Crippen LogP contribution in [0.2, 0.25) is 0 Å². The first-order chi connectivity index (χ1) is 12.9. The van der Waals surface area contributed by atoms with Gasteiger partial charge in [-0.1, -0.05) is 60.7 Å². The second-order valence-corrected chi connectivity index (χ2v) is 7.57. The van der Waals surface area contributed by atoms with Crippen LogP contribution in [0.3, 0.4) is 0 Å². The lowest BCUT2D eigenvalue weighted by Crippen LogP contribution is -2.47. The monoisotopic (exact) mass is 390 g/mol. The lowest BCUT2D eigenvalue weighted by Gasteiger charge is -2.24. The first-order valence-corrected chi connectivity index (χ1v) is 10.0. The molecule has 0 unspecified atom stereocenters. The van der Waals surface area contributed by atoms with Crippen molar-refractivity contribution in [2.45, 2.75) is 25.2 Å². The molecule has 0 heterocycles. The van der Waals surface area contributed by atoms with Gasteiger partial charge in [-0.2, -0.15) is 0 Å². The summed E-state index contributed by atoms with van der Waals surface area (Å²) in [5.74, 6) is -2.19. The highest BCUT2D eigenvalue weighted by molar-refractivity contribution is 7.84. The maximum absolute atomic E-state index is 12.4. The molecule has 0 aliphatic carbocycles. The van der Waals surface area contributed by atoms with Gasteiger partial charge in [0.15, 0.2) is 5.60 Å². The molecule has 2 atom stereocenters. The summed E-state index contributed by atoms with van der Waals surface area (Å²) in [4.78, 5) is 24.5. The van der Waals surface area contributed by atoms with Gasteiger partial charge in [0.2, 0.25) is 0 Å². The van der Waals surface area contributed by atoms with Crippen molar-refractivity contribution >= 4 is 22.7 Å². The highest BCUT2D eigenvalue weighted by Crippen LogP contribution is 2.17. The maximum Gasteiger partial charge on any atom is 0.340 e. The van der Waals surface area contributed by atoms with Crippen molar-refractivity contribution < 1.29 is 28.4 Å². The predicted molar refractivity (Wildman–Crippen MR) is 101 cm³/mol. The van der Waals surface area contributed by atoms with Gasteiger partial charge in [-0.25, -0.2) is 4.79 Å². The molecule has 0 aliphatic rings. The summed E-state index contributed by atoms with van der Waals surface area (Å²) >= 11 is 0. The molecule has 144 valence electrons. The van der Waals surface area contributed by atoms with E-state index < -0.39 is 40.5 Å². The Hall–Kier alpha value is -2.51. The van der Waals surface area contributed by atoms with E-state index in [-0.39, 0.29) is 13.2 Å². The van der Waals surface area contributed by atoms with E-state index in [9.17, 15) is 18.9 Å². The number of ether oxygens (including phenoxy) is 2. The summed E-state index contributed by atoms with van der Waals surface area (Å²) in [6, 6.07) is 17.9. The number of aliphatic hydroxyl groups is 1. The van der Waals surface area contributed by atoms with Gasteiger partial charge in [0.25, 0.3) is 0 Å². The van der Waals surface area contributed by atoms with Crippen LogP contribution in [0.15, 0.2) is 60.7 Å². The number of benzene rings is 2. The van der Waals surface area contributed by atoms with Crippen molar-refractivity contribution in [1.82, 2.24) is 0 Å². The minimum atomic E-state index is -2.21. The summed E-state index contributed by atoms with van der Waals surface area (Å²) in [6.45, 7) is -0.0403. The number of carbonyl (C=O) groups excluding carboxylic acids is 2. The zero-order valence-electron chi connectivity index (χ0n) is 15.0. The third kappa shape index (κ3) is 6.96. The van der Waals surface area contributed by atoms with Crippen molar-refractivity contribution in [2.75, 3.05) is 12.0 Å². The molecule has 6 nitrogen and oxygen atoms in total. The van der Waals surface area contributed by atoms with Crippen LogP contribution in [0.1, 0.15) is 17.5 Å². The Morgan fingerprint density at radius 3 is 1.89 bits per heavy atom. The molecule has 2 aromatic carbocycles. The molecule has 7 heteroatoms. The summed E-state index contributed by atoms with van der Waals surface area (Å²) < 4.78 is 21.8. The number of carbonyl (C=O) groups is 2. The average molecular weight is 390 g/mol. The van der Waals surface area contributed by atoms with E-state index in [2.05, 4.69) is 0 Å². The number of hydrogen-bond acceptors (Lipinski definition) is 6. The number of hydrogen-bond donors (Lipinski definition) is 1. The van der Waals surface area contributed by atoms with E-state index in [1.807, 2.05) is 12.1 Å². The standard InChI is InChI=1S/C20H22O6S/c1-27(24)15-20(23,19(22)26-14-17-10-6-3-7-11-17)12-18(21)25-13-16-8-4-2-5-9-16/h2-11,23H,12-15H2,1H3/t20-,27-/m0/s1. The Kier molecular flexibility index (Phi) is 7.69. The number of rotatable bonds is 9. The largest absolute Gasteiger partial charge is 0.461 e. The third-order valence-electron chi connectivity index (χ3n) is 3.71. The van der Waals surface area contributed by atoms with Crippen LogP contribution in [0.5, 0.6) is 0 Å². The van der Waals surface area contributed by atoms with Crippen LogP contribution in [-0.2, 0) is 43.1 Å². The Morgan fingerprint density at radius 2 is 1.41 bits per heavy atom. The topological polar surface area (TPSA) is 89.9 Å². The molecule has 0 aromatic heterocycles. The van der Waals surface area contributed by atoms with Gasteiger partial charge >= 0.3 is 11.9 Å². The van der Waals surface area contributed by atoms with E-state index in [0.717, 1.165) is 11.1 Å². The van der Waals surface area contributed by atoms with Crippen molar-refractivity contribution in [3.05, 3.63) is 71.8 Å². The second-order valence-electron chi connectivity index (χ2n) is 6.13. The molecule has 0 radical (unpaired) electrons. The van der Waals surface area contributed by atoms with Gasteiger partial charge < -0.3 is 14.6 Å². The van der Waals surface area contributed by atoms with Gasteiger partial charge in [0.1, 0.15) is 13.2 Å². The smallest absolute Gasteiger partial charge is 0.340 e. The molecule has 2 rings (SSSR count). The molecule has 0 fully saturated rings. The molecule has 0 amide bonds. The average Bonchev–Trinajstić information content (AvgIpc) is 2.65. The molecule has 0 spiro atoms. The van der Waals surface area contributed by atoms with Gasteiger partial charge in [-0.3, -0.25) is 9.00 Å². The van der Waals surface area contributed by atoms with Gasteiger partial charge in [0.05, 0.1) is 12.2 Å². The molecule has 1 N–H and O–H groups in total. The Bertz CT molecular complexity index is 778. The van der Waals surface area contributed by atoms with Crippen molar-refractivity contribution in [1.29, 1.82) is 0 Å². The summed E-state index contributed by atoms with van der Waals surface area (Å²) in [7, 11) is -1.52. The maximum atomic E-state index is 12.4. The van der Waals surface area contributed by atoms with Gasteiger partial charge in [-0.05, 0) is 11.1 Å². The van der Waals surface area contributed by atoms with Crippen LogP contribution in [0, 0.1) is 0 Å². The van der Waals surface area contributed by atoms with E-state index in [1.54, 1.807) is 48.5 Å². The minimum Gasteiger partial charge on any atom is -0.461 e. The summed E-state index contributed by atoms with van der Waals surface area (Å²) in [6.07, 6.45) is 0.706. The minimum absolute atomic E-state index is 0.0179. The molecule has 0 saturated heterocycles. The Morgan fingerprint density at radius 1 is 0.926 bits per heavy atom. The Balaban J connectivity index is 1.97. The van der Waals surface area contributed by atoms with E-state index in [1.165, 1.54) is 6.26 Å². The first-order valence-electron chi connectivity index (χ1n) is 8.32. The van der Waals surface area contributed by atoms with E-state index in [4.69, 9.17) is 9.47 Å². The molecule has 27 heavy (non-hydrogen) atoms. The van der Waals surface area contributed by atoms with E-state index >= 15 is 0 Å². The van der Waals surface area contributed by atoms with Crippen molar-refractivity contribution in [2.24, 2.45) is 0 Å². The molecular formula is C20H22O6S. The van der Waals surface area contributed by atoms with E-state index in [0.29, 0.717) is 0 Å². The lowest BCUT2D eigenvalue weighted by molar-refractivity contribution is -0.171. The molecular weight excluding hydrogens is 368 g/mol. The van der Waals surface area contributed by atoms with Crippen molar-refractivity contribution in [3.63, 3.8) is 0 Å². The van der Waals surface area contributed by atoms with Crippen molar-refractivity contribution in [3.8, 4) is 0 Å². The van der Waals surface area contributed by atoms with Crippen LogP contribution in [-0.4, -0.2) is 38.9 Å². The first kappa shape index (κ1) is 20.8. The van der Waals surface area contributed by atoms with Crippen LogP contribution in [0.4, 0.5) is 0 Å². The molecule has 2 aromatic rings. The second kappa shape index (κ2) is 9.99. The summed E-state index contributed by atoms with van der Waals surface area (Å²) in [5.41, 5.74) is -0.695. The Labute approximate surface area is 160 Å². The molecule has 0 saturated carbocycles. The molecule has 0 bridgehead atoms. The highest BCUT2D eigenvalue weighted by atomic mass is 32.2. The normalized spacial score (nSPS) is 14.0. The lowest BCUT2D eigenvalue weighted by atomic mass is 10.0. The fourth-order valence-corrected chi connectivity index (χ4v) is 3.30. The highest BCUT2D eigenvalue weighted by Gasteiger charge is 2.41. The SMILES string of the molecule is C[S@](=O)C[C@@](O)(CC(=O)OCc1ccccc1)C(=O)OCc1ccccc1. The quantitative estimate of drug-likeness (QED) is 0.659. The number of esters is 2. The van der Waals surface area contributed by atoms with Crippen LogP contribution in [0.25, 0.3) is 0 Å². The fraction of sp³-hybridized carbons (Fsp3) is 0.300. The zero-order valence-corrected chi connectivity index (χ0v) is 15.8. The zero-order chi connectivity index (χ0) is 19.7. The predicted octanol–water partition coefficient (Wildman–Crippen LogP) is 1.97. The van der Waals surface area contributed by atoms with Crippen LogP contribution < -0.4 is 0 Å². The van der Waals surface area contributed by atoms with Gasteiger partial charge in [0, 0.05) is 17.1 Å². The summed E-state index contributed by atoms with van der Waals surface area (Å²) in [5, 5.41) is 10.6. The van der Waals surface area contributed by atoms with Crippen LogP contribution >= 0.6 is 0 Å². The fourth-order valence-electron chi connectivity index (χ4n) is 2.40. The third-order valence-corrected chi connectivity index (χ3v) is 4.60. The van der Waals surface area contributed by atoms with Gasteiger partial charge in [-0.15, -0.1) is 0 Å². The molecule has 0 aliphatic heterocycles.